The van der Waals surface area contributed by atoms with E-state index in [0.29, 0.717) is 18.0 Å². The summed E-state index contributed by atoms with van der Waals surface area (Å²) >= 11 is 1.40. The Kier molecular flexibility index (Phi) is 6.87. The molecular formula is C25H24N4O2S. The van der Waals surface area contributed by atoms with Gasteiger partial charge in [0.05, 0.1) is 11.8 Å². The Balaban J connectivity index is 1.36. The van der Waals surface area contributed by atoms with E-state index in [0.717, 1.165) is 22.3 Å². The molecule has 4 rings (SSSR count). The minimum absolute atomic E-state index is 0.0985. The van der Waals surface area contributed by atoms with Crippen LogP contribution in [0.2, 0.25) is 0 Å². The lowest BCUT2D eigenvalue weighted by molar-refractivity contribution is -0.115. The molecule has 0 aliphatic carbocycles. The van der Waals surface area contributed by atoms with Crippen molar-refractivity contribution in [1.29, 1.82) is 0 Å². The number of benzene rings is 3. The Morgan fingerprint density at radius 2 is 1.56 bits per heavy atom. The van der Waals surface area contributed by atoms with Crippen molar-refractivity contribution in [3.05, 3.63) is 96.3 Å². The van der Waals surface area contributed by atoms with E-state index in [1.165, 1.54) is 11.8 Å². The molecule has 4 aromatic rings. The summed E-state index contributed by atoms with van der Waals surface area (Å²) in [4.78, 5) is 12.7. The van der Waals surface area contributed by atoms with Crippen LogP contribution in [-0.4, -0.2) is 25.9 Å². The summed E-state index contributed by atoms with van der Waals surface area (Å²) in [6.45, 7) is 4.45. The number of para-hydroxylation sites is 1. The molecule has 6 nitrogen and oxygen atoms in total. The van der Waals surface area contributed by atoms with Crippen molar-refractivity contribution in [1.82, 2.24) is 14.8 Å². The van der Waals surface area contributed by atoms with Gasteiger partial charge in [-0.05, 0) is 55.8 Å². The summed E-state index contributed by atoms with van der Waals surface area (Å²) in [6, 6.07) is 27.0. The normalized spacial score (nSPS) is 11.7. The standard InChI is InChI=1S/C25H24N4O2S/c1-18(32-25-28-27-19(2)29(25)17-20-9-5-3-6-10-20)24(30)26-21-13-15-23(16-14-21)31-22-11-7-4-8-12-22/h3-16,18H,17H2,1-2H3,(H,26,30)/t18-/m0/s1. The van der Waals surface area contributed by atoms with E-state index in [1.807, 2.05) is 91.2 Å². The predicted octanol–water partition coefficient (Wildman–Crippen LogP) is 5.55. The number of amides is 1. The van der Waals surface area contributed by atoms with E-state index in [2.05, 4.69) is 27.6 Å². The Morgan fingerprint density at radius 1 is 0.938 bits per heavy atom. The number of carbonyl (C=O) groups excluding carboxylic acids is 1. The second kappa shape index (κ2) is 10.2. The van der Waals surface area contributed by atoms with Crippen molar-refractivity contribution in [3.8, 4) is 11.5 Å². The molecule has 32 heavy (non-hydrogen) atoms. The lowest BCUT2D eigenvalue weighted by Gasteiger charge is -2.14. The number of anilines is 1. The zero-order chi connectivity index (χ0) is 22.3. The number of nitrogens with zero attached hydrogens (tertiary/aromatic N) is 3. The highest BCUT2D eigenvalue weighted by Gasteiger charge is 2.19. The lowest BCUT2D eigenvalue weighted by Crippen LogP contribution is -2.23. The van der Waals surface area contributed by atoms with Crippen LogP contribution in [0.1, 0.15) is 18.3 Å². The Hall–Kier alpha value is -3.58. The first-order valence-corrected chi connectivity index (χ1v) is 11.2. The molecule has 1 amide bonds. The number of nitrogens with one attached hydrogen (secondary N) is 1. The molecule has 0 aliphatic rings. The molecule has 3 aromatic carbocycles. The SMILES string of the molecule is Cc1nnc(S[C@@H](C)C(=O)Nc2ccc(Oc3ccccc3)cc2)n1Cc1ccccc1. The summed E-state index contributed by atoms with van der Waals surface area (Å²) in [5.74, 6) is 2.20. The van der Waals surface area contributed by atoms with Gasteiger partial charge in [-0.3, -0.25) is 4.79 Å². The number of rotatable bonds is 8. The van der Waals surface area contributed by atoms with Crippen molar-refractivity contribution in [2.45, 2.75) is 30.8 Å². The Labute approximate surface area is 191 Å². The average molecular weight is 445 g/mol. The maximum atomic E-state index is 12.7. The summed E-state index contributed by atoms with van der Waals surface area (Å²) in [5.41, 5.74) is 1.87. The summed E-state index contributed by atoms with van der Waals surface area (Å²) in [5, 5.41) is 11.8. The van der Waals surface area contributed by atoms with Gasteiger partial charge < -0.3 is 14.6 Å². The van der Waals surface area contributed by atoms with Crippen molar-refractivity contribution < 1.29 is 9.53 Å². The molecule has 1 atom stereocenters. The smallest absolute Gasteiger partial charge is 0.237 e. The van der Waals surface area contributed by atoms with Gasteiger partial charge in [-0.25, -0.2) is 0 Å². The van der Waals surface area contributed by atoms with Gasteiger partial charge in [0, 0.05) is 5.69 Å². The highest BCUT2D eigenvalue weighted by atomic mass is 32.2. The molecule has 0 unspecified atom stereocenters. The summed E-state index contributed by atoms with van der Waals surface area (Å²) in [7, 11) is 0. The van der Waals surface area contributed by atoms with Gasteiger partial charge in [0.1, 0.15) is 17.3 Å². The molecule has 0 spiro atoms. The number of ether oxygens (including phenoxy) is 1. The van der Waals surface area contributed by atoms with Crippen LogP contribution in [0.5, 0.6) is 11.5 Å². The minimum Gasteiger partial charge on any atom is -0.457 e. The maximum absolute atomic E-state index is 12.7. The van der Waals surface area contributed by atoms with E-state index in [-0.39, 0.29) is 11.2 Å². The minimum atomic E-state index is -0.339. The topological polar surface area (TPSA) is 69.0 Å². The zero-order valence-corrected chi connectivity index (χ0v) is 18.8. The van der Waals surface area contributed by atoms with Crippen LogP contribution in [0, 0.1) is 6.92 Å². The van der Waals surface area contributed by atoms with Gasteiger partial charge in [-0.1, -0.05) is 60.3 Å². The first kappa shape index (κ1) is 21.6. The lowest BCUT2D eigenvalue weighted by atomic mass is 10.2. The summed E-state index contributed by atoms with van der Waals surface area (Å²) < 4.78 is 7.82. The second-order valence-corrected chi connectivity index (χ2v) is 8.60. The van der Waals surface area contributed by atoms with Gasteiger partial charge >= 0.3 is 0 Å². The number of aromatic nitrogens is 3. The molecule has 0 fully saturated rings. The van der Waals surface area contributed by atoms with Gasteiger partial charge in [-0.2, -0.15) is 0 Å². The third-order valence-electron chi connectivity index (χ3n) is 4.84. The van der Waals surface area contributed by atoms with Crippen LogP contribution < -0.4 is 10.1 Å². The van der Waals surface area contributed by atoms with E-state index < -0.39 is 0 Å². The van der Waals surface area contributed by atoms with Gasteiger partial charge in [-0.15, -0.1) is 10.2 Å². The fourth-order valence-corrected chi connectivity index (χ4v) is 3.98. The number of thioether (sulfide) groups is 1. The molecule has 162 valence electrons. The number of carbonyl (C=O) groups is 1. The van der Waals surface area contributed by atoms with Gasteiger partial charge in [0.2, 0.25) is 5.91 Å². The van der Waals surface area contributed by atoms with Crippen LogP contribution in [0.25, 0.3) is 0 Å². The Bertz CT molecular complexity index is 1160. The van der Waals surface area contributed by atoms with Crippen molar-refractivity contribution in [2.24, 2.45) is 0 Å². The third kappa shape index (κ3) is 5.56. The number of hydrogen-bond acceptors (Lipinski definition) is 5. The van der Waals surface area contributed by atoms with E-state index in [4.69, 9.17) is 4.74 Å². The molecule has 1 aromatic heterocycles. The Morgan fingerprint density at radius 3 is 2.25 bits per heavy atom. The fraction of sp³-hybridized carbons (Fsp3) is 0.160. The first-order chi connectivity index (χ1) is 15.6. The molecule has 0 bridgehead atoms. The summed E-state index contributed by atoms with van der Waals surface area (Å²) in [6.07, 6.45) is 0. The highest BCUT2D eigenvalue weighted by molar-refractivity contribution is 8.00. The molecule has 1 N–H and O–H groups in total. The van der Waals surface area contributed by atoms with Crippen molar-refractivity contribution in [3.63, 3.8) is 0 Å². The largest absolute Gasteiger partial charge is 0.457 e. The molecule has 1 heterocycles. The fourth-order valence-electron chi connectivity index (χ4n) is 3.08. The zero-order valence-electron chi connectivity index (χ0n) is 17.9. The van der Waals surface area contributed by atoms with Crippen LogP contribution >= 0.6 is 11.8 Å². The molecular weight excluding hydrogens is 420 g/mol. The quantitative estimate of drug-likeness (QED) is 0.361. The van der Waals surface area contributed by atoms with Gasteiger partial charge in [0.15, 0.2) is 5.16 Å². The molecule has 0 radical (unpaired) electrons. The van der Waals surface area contributed by atoms with Crippen LogP contribution in [0.3, 0.4) is 0 Å². The number of aryl methyl sites for hydroxylation is 1. The highest BCUT2D eigenvalue weighted by Crippen LogP contribution is 2.26. The van der Waals surface area contributed by atoms with Crippen molar-refractivity contribution in [2.75, 3.05) is 5.32 Å². The third-order valence-corrected chi connectivity index (χ3v) is 5.92. The molecule has 0 saturated heterocycles. The van der Waals surface area contributed by atoms with Crippen LogP contribution in [0.15, 0.2) is 90.1 Å². The van der Waals surface area contributed by atoms with Crippen molar-refractivity contribution >= 4 is 23.4 Å². The average Bonchev–Trinajstić information content (AvgIpc) is 3.15. The number of hydrogen-bond donors (Lipinski definition) is 1. The van der Waals surface area contributed by atoms with Crippen LogP contribution in [0.4, 0.5) is 5.69 Å². The molecule has 7 heteroatoms. The second-order valence-electron chi connectivity index (χ2n) is 7.29. The van der Waals surface area contributed by atoms with E-state index in [1.54, 1.807) is 0 Å². The van der Waals surface area contributed by atoms with Crippen LogP contribution in [-0.2, 0) is 11.3 Å². The monoisotopic (exact) mass is 444 g/mol. The first-order valence-electron chi connectivity index (χ1n) is 10.3. The predicted molar refractivity (Wildman–Crippen MR) is 127 cm³/mol. The molecule has 0 saturated carbocycles. The maximum Gasteiger partial charge on any atom is 0.237 e. The molecule has 0 aliphatic heterocycles. The van der Waals surface area contributed by atoms with Gasteiger partial charge in [0.25, 0.3) is 0 Å². The van der Waals surface area contributed by atoms with E-state index >= 15 is 0 Å². The van der Waals surface area contributed by atoms with E-state index in [9.17, 15) is 4.79 Å².